The summed E-state index contributed by atoms with van der Waals surface area (Å²) >= 11 is 0. The van der Waals surface area contributed by atoms with Gasteiger partial charge in [0, 0.05) is 49.5 Å². The number of morpholine rings is 1. The molecule has 1 aromatic carbocycles. The Hall–Kier alpha value is -2.82. The second-order valence-corrected chi connectivity index (χ2v) is 7.59. The van der Waals surface area contributed by atoms with Gasteiger partial charge >= 0.3 is 11.9 Å². The van der Waals surface area contributed by atoms with Crippen LogP contribution in [-0.2, 0) is 14.3 Å². The van der Waals surface area contributed by atoms with Gasteiger partial charge in [0.1, 0.15) is 11.9 Å². The fraction of sp³-hybridized carbons (Fsp3) is 0.524. The lowest BCUT2D eigenvalue weighted by atomic mass is 9.96. The van der Waals surface area contributed by atoms with Crippen LogP contribution in [0.1, 0.15) is 18.1 Å². The third-order valence-electron chi connectivity index (χ3n) is 5.18. The summed E-state index contributed by atoms with van der Waals surface area (Å²) in [6.45, 7) is 4.82. The molecule has 4 rings (SSSR count). The first-order valence-corrected chi connectivity index (χ1v) is 10.1. The Morgan fingerprint density at radius 1 is 1.06 bits per heavy atom. The maximum atomic E-state index is 9.55. The molecule has 1 fully saturated rings. The van der Waals surface area contributed by atoms with Crippen molar-refractivity contribution in [3.05, 3.63) is 29.8 Å². The summed E-state index contributed by atoms with van der Waals surface area (Å²) in [4.78, 5) is 23.9. The van der Waals surface area contributed by atoms with Crippen molar-refractivity contribution < 1.29 is 38.7 Å². The van der Waals surface area contributed by atoms with Crippen molar-refractivity contribution in [2.45, 2.75) is 18.6 Å². The molecule has 3 heterocycles. The van der Waals surface area contributed by atoms with Crippen molar-refractivity contribution in [2.24, 2.45) is 0 Å². The topological polar surface area (TPSA) is 118 Å². The van der Waals surface area contributed by atoms with E-state index in [1.165, 1.54) is 0 Å². The standard InChI is InChI=1S/C17H24N2O4.C4H4O4/c1-18(2)4-5-19-6-8-21-17-12-9-15-16(23-11-22-15)10-14(12)20-7-3-13(17)19;5-3(6)1-2-4(7)8/h9-10,13,17H,3-8,11H2,1-2H3;1-2H,(H,5,6)(H,7,8)/b;2-1+. The molecule has 3 aliphatic heterocycles. The first-order valence-electron chi connectivity index (χ1n) is 10.1. The molecule has 0 amide bonds. The van der Waals surface area contributed by atoms with E-state index in [1.54, 1.807) is 0 Å². The average molecular weight is 436 g/mol. The lowest BCUT2D eigenvalue weighted by Crippen LogP contribution is -2.49. The number of rotatable bonds is 5. The summed E-state index contributed by atoms with van der Waals surface area (Å²) in [6.07, 6.45) is 2.13. The van der Waals surface area contributed by atoms with E-state index in [-0.39, 0.29) is 12.9 Å². The van der Waals surface area contributed by atoms with Crippen molar-refractivity contribution in [1.82, 2.24) is 9.80 Å². The SMILES string of the molecule is CN(C)CCN1CCOC2c3cc4c(cc3OCCC21)OCO4.O=C(O)/C=C/C(=O)O. The molecule has 10 heteroatoms. The second kappa shape index (κ2) is 10.5. The molecule has 31 heavy (non-hydrogen) atoms. The predicted octanol–water partition coefficient (Wildman–Crippen LogP) is 1.21. The minimum Gasteiger partial charge on any atom is -0.493 e. The fourth-order valence-corrected chi connectivity index (χ4v) is 3.72. The minimum absolute atomic E-state index is 0.0397. The van der Waals surface area contributed by atoms with E-state index in [0.29, 0.717) is 24.8 Å². The van der Waals surface area contributed by atoms with Crippen molar-refractivity contribution in [2.75, 3.05) is 53.7 Å². The van der Waals surface area contributed by atoms with Crippen LogP contribution in [0.4, 0.5) is 0 Å². The number of hydrogen-bond acceptors (Lipinski definition) is 8. The Morgan fingerprint density at radius 3 is 2.39 bits per heavy atom. The van der Waals surface area contributed by atoms with E-state index >= 15 is 0 Å². The van der Waals surface area contributed by atoms with Gasteiger partial charge in [0.2, 0.25) is 6.79 Å². The average Bonchev–Trinajstić information content (AvgIpc) is 3.10. The minimum atomic E-state index is -1.26. The lowest BCUT2D eigenvalue weighted by molar-refractivity contribution is -0.134. The van der Waals surface area contributed by atoms with Crippen LogP contribution in [0, 0.1) is 0 Å². The van der Waals surface area contributed by atoms with Crippen LogP contribution in [0.3, 0.4) is 0 Å². The highest BCUT2D eigenvalue weighted by Crippen LogP contribution is 2.45. The quantitative estimate of drug-likeness (QED) is 0.652. The largest absolute Gasteiger partial charge is 0.493 e. The van der Waals surface area contributed by atoms with Crippen LogP contribution in [0.25, 0.3) is 0 Å². The van der Waals surface area contributed by atoms with Crippen molar-refractivity contribution in [3.8, 4) is 17.2 Å². The normalized spacial score (nSPS) is 22.0. The highest BCUT2D eigenvalue weighted by molar-refractivity contribution is 5.89. The van der Waals surface area contributed by atoms with Crippen LogP contribution in [-0.4, -0.2) is 91.7 Å². The van der Waals surface area contributed by atoms with Gasteiger partial charge in [-0.2, -0.15) is 0 Å². The van der Waals surface area contributed by atoms with Crippen LogP contribution in [0.15, 0.2) is 24.3 Å². The van der Waals surface area contributed by atoms with Crippen LogP contribution >= 0.6 is 0 Å². The molecular weight excluding hydrogens is 408 g/mol. The summed E-state index contributed by atoms with van der Waals surface area (Å²) < 4.78 is 23.1. The third-order valence-corrected chi connectivity index (χ3v) is 5.18. The molecule has 0 spiro atoms. The number of carboxylic acids is 2. The molecule has 2 atom stereocenters. The Bertz CT molecular complexity index is 810. The highest BCUT2D eigenvalue weighted by atomic mass is 16.7. The van der Waals surface area contributed by atoms with Gasteiger partial charge in [-0.3, -0.25) is 4.90 Å². The number of carboxylic acid groups (broad SMARTS) is 2. The number of hydrogen-bond donors (Lipinski definition) is 2. The van der Waals surface area contributed by atoms with Gasteiger partial charge in [0.15, 0.2) is 11.5 Å². The Balaban J connectivity index is 0.000000293. The van der Waals surface area contributed by atoms with E-state index in [9.17, 15) is 9.59 Å². The predicted molar refractivity (Wildman–Crippen MR) is 110 cm³/mol. The number of nitrogens with zero attached hydrogens (tertiary/aromatic N) is 2. The monoisotopic (exact) mass is 436 g/mol. The number of aliphatic carboxylic acids is 2. The van der Waals surface area contributed by atoms with Crippen LogP contribution < -0.4 is 14.2 Å². The van der Waals surface area contributed by atoms with Crippen LogP contribution in [0.2, 0.25) is 0 Å². The smallest absolute Gasteiger partial charge is 0.328 e. The maximum Gasteiger partial charge on any atom is 0.328 e. The van der Waals surface area contributed by atoms with Crippen molar-refractivity contribution in [3.63, 3.8) is 0 Å². The van der Waals surface area contributed by atoms with E-state index in [1.807, 2.05) is 12.1 Å². The van der Waals surface area contributed by atoms with Crippen LogP contribution in [0.5, 0.6) is 17.2 Å². The molecule has 10 nitrogen and oxygen atoms in total. The molecule has 1 aromatic rings. The Kier molecular flexibility index (Phi) is 7.72. The summed E-state index contributed by atoms with van der Waals surface area (Å²) in [5, 5.41) is 15.6. The molecule has 0 radical (unpaired) electrons. The molecule has 1 saturated heterocycles. The van der Waals surface area contributed by atoms with E-state index in [2.05, 4.69) is 23.9 Å². The van der Waals surface area contributed by atoms with Gasteiger partial charge in [0.25, 0.3) is 0 Å². The van der Waals surface area contributed by atoms with Crippen molar-refractivity contribution in [1.29, 1.82) is 0 Å². The van der Waals surface area contributed by atoms with Gasteiger partial charge in [0.05, 0.1) is 13.2 Å². The molecule has 2 N–H and O–H groups in total. The fourth-order valence-electron chi connectivity index (χ4n) is 3.72. The number of benzene rings is 1. The van der Waals surface area contributed by atoms with Gasteiger partial charge in [-0.05, 0) is 26.6 Å². The number of ether oxygens (including phenoxy) is 4. The summed E-state index contributed by atoms with van der Waals surface area (Å²) in [5.74, 6) is -0.0829. The second-order valence-electron chi connectivity index (χ2n) is 7.59. The van der Waals surface area contributed by atoms with Gasteiger partial charge in [-0.25, -0.2) is 9.59 Å². The first-order chi connectivity index (χ1) is 14.8. The van der Waals surface area contributed by atoms with E-state index in [4.69, 9.17) is 29.2 Å². The molecule has 2 unspecified atom stereocenters. The van der Waals surface area contributed by atoms with Gasteiger partial charge in [-0.1, -0.05) is 0 Å². The molecule has 0 bridgehead atoms. The van der Waals surface area contributed by atoms with Gasteiger partial charge < -0.3 is 34.1 Å². The highest BCUT2D eigenvalue weighted by Gasteiger charge is 2.37. The summed E-state index contributed by atoms with van der Waals surface area (Å²) in [6, 6.07) is 4.34. The number of likely N-dealkylation sites (N-methyl/N-ethyl adjacent to an activating group) is 1. The Morgan fingerprint density at radius 2 is 1.74 bits per heavy atom. The molecule has 3 aliphatic rings. The molecular formula is C21H28N2O8. The zero-order valence-electron chi connectivity index (χ0n) is 17.7. The molecule has 170 valence electrons. The molecule has 0 aliphatic carbocycles. The summed E-state index contributed by atoms with van der Waals surface area (Å²) in [5.41, 5.74) is 1.09. The number of fused-ring (bicyclic) bond motifs is 4. The molecule has 0 saturated carbocycles. The summed E-state index contributed by atoms with van der Waals surface area (Å²) in [7, 11) is 4.23. The zero-order valence-corrected chi connectivity index (χ0v) is 17.7. The van der Waals surface area contributed by atoms with Gasteiger partial charge in [-0.15, -0.1) is 0 Å². The Labute approximate surface area is 180 Å². The molecule has 0 aromatic heterocycles. The van der Waals surface area contributed by atoms with E-state index in [0.717, 1.165) is 55.5 Å². The first kappa shape index (κ1) is 22.9. The van der Waals surface area contributed by atoms with E-state index < -0.39 is 11.9 Å². The lowest BCUT2D eigenvalue weighted by Gasteiger charge is -2.40. The van der Waals surface area contributed by atoms with Crippen molar-refractivity contribution >= 4 is 11.9 Å². The zero-order chi connectivity index (χ0) is 22.4. The third kappa shape index (κ3) is 6.09. The maximum absolute atomic E-state index is 9.55. The number of carbonyl (C=O) groups is 2.